The average molecular weight is 232 g/mol. The van der Waals surface area contributed by atoms with Gasteiger partial charge in [0.1, 0.15) is 5.82 Å². The van der Waals surface area contributed by atoms with Crippen molar-refractivity contribution in [2.45, 2.75) is 45.6 Å². The molecule has 92 valence electrons. The van der Waals surface area contributed by atoms with Crippen LogP contribution in [0.5, 0.6) is 0 Å². The Morgan fingerprint density at radius 2 is 1.88 bits per heavy atom. The Hall–Kier alpha value is -1.42. The normalized spacial score (nSPS) is 13.3. The smallest absolute Gasteiger partial charge is 0.177 e. The summed E-state index contributed by atoms with van der Waals surface area (Å²) >= 11 is 0. The van der Waals surface area contributed by atoms with E-state index in [1.165, 1.54) is 0 Å². The molecule has 0 saturated carbocycles. The molecule has 0 aliphatic rings. The average Bonchev–Trinajstić information content (AvgIpc) is 2.58. The summed E-state index contributed by atoms with van der Waals surface area (Å²) in [6, 6.07) is 2.05. The molecule has 0 spiro atoms. The number of aryl methyl sites for hydroxylation is 1. The number of hydrogen-bond donors (Lipinski definition) is 2. The van der Waals surface area contributed by atoms with Crippen LogP contribution in [-0.2, 0) is 5.41 Å². The van der Waals surface area contributed by atoms with E-state index >= 15 is 0 Å². The highest BCUT2D eigenvalue weighted by Gasteiger charge is 2.37. The zero-order chi connectivity index (χ0) is 12.8. The molecular formula is C13H20N4. The molecule has 3 N–H and O–H groups in total. The van der Waals surface area contributed by atoms with Gasteiger partial charge in [0.25, 0.3) is 0 Å². The van der Waals surface area contributed by atoms with Gasteiger partial charge in [0.2, 0.25) is 0 Å². The van der Waals surface area contributed by atoms with Gasteiger partial charge in [0.05, 0.1) is 5.52 Å². The van der Waals surface area contributed by atoms with E-state index in [-0.39, 0.29) is 11.0 Å². The van der Waals surface area contributed by atoms with Crippen molar-refractivity contribution in [3.05, 3.63) is 23.7 Å². The van der Waals surface area contributed by atoms with Crippen molar-refractivity contribution in [3.8, 4) is 0 Å². The van der Waals surface area contributed by atoms with E-state index < -0.39 is 0 Å². The molecule has 4 nitrogen and oxygen atoms in total. The number of hydrogen-bond acceptors (Lipinski definition) is 3. The zero-order valence-corrected chi connectivity index (χ0v) is 11.1. The van der Waals surface area contributed by atoms with Crippen molar-refractivity contribution in [3.63, 3.8) is 0 Å². The lowest BCUT2D eigenvalue weighted by atomic mass is 9.74. The summed E-state index contributed by atoms with van der Waals surface area (Å²) in [7, 11) is 0. The molecule has 4 heteroatoms. The van der Waals surface area contributed by atoms with Gasteiger partial charge in [-0.25, -0.2) is 9.97 Å². The molecule has 17 heavy (non-hydrogen) atoms. The summed E-state index contributed by atoms with van der Waals surface area (Å²) in [5, 5.41) is 0. The van der Waals surface area contributed by atoms with Crippen LogP contribution in [0.15, 0.2) is 12.3 Å². The van der Waals surface area contributed by atoms with E-state index in [0.717, 1.165) is 22.6 Å². The molecule has 0 amide bonds. The van der Waals surface area contributed by atoms with Crippen LogP contribution in [0.25, 0.3) is 11.2 Å². The van der Waals surface area contributed by atoms with E-state index in [1.807, 2.05) is 27.0 Å². The van der Waals surface area contributed by atoms with Crippen LogP contribution in [0.4, 0.5) is 0 Å². The second-order valence-corrected chi connectivity index (χ2v) is 5.82. The van der Waals surface area contributed by atoms with E-state index in [2.05, 4.69) is 34.9 Å². The molecule has 0 radical (unpaired) electrons. The van der Waals surface area contributed by atoms with Crippen molar-refractivity contribution in [2.75, 3.05) is 0 Å². The lowest BCUT2D eigenvalue weighted by Crippen LogP contribution is -2.50. The molecule has 2 rings (SSSR count). The van der Waals surface area contributed by atoms with Gasteiger partial charge in [-0.1, -0.05) is 13.8 Å². The summed E-state index contributed by atoms with van der Waals surface area (Å²) in [4.78, 5) is 12.2. The third kappa shape index (κ3) is 1.93. The Labute approximate surface area is 102 Å². The summed E-state index contributed by atoms with van der Waals surface area (Å²) in [6.45, 7) is 10.2. The molecule has 0 aliphatic heterocycles. The number of aromatic nitrogens is 3. The van der Waals surface area contributed by atoms with Crippen LogP contribution in [0.1, 0.15) is 39.1 Å². The largest absolute Gasteiger partial charge is 0.340 e. The number of fused-ring (bicyclic) bond motifs is 1. The Balaban J connectivity index is 2.57. The minimum atomic E-state index is -0.351. The van der Waals surface area contributed by atoms with Gasteiger partial charge in [-0.15, -0.1) is 0 Å². The third-order valence-electron chi connectivity index (χ3n) is 3.68. The van der Waals surface area contributed by atoms with Crippen molar-refractivity contribution < 1.29 is 0 Å². The molecule has 0 atom stereocenters. The van der Waals surface area contributed by atoms with Crippen LogP contribution in [0.2, 0.25) is 0 Å². The number of rotatable bonds is 2. The predicted octanol–water partition coefficient (Wildman–Crippen LogP) is 2.28. The van der Waals surface area contributed by atoms with Gasteiger partial charge in [-0.2, -0.15) is 0 Å². The zero-order valence-electron chi connectivity index (χ0n) is 11.1. The van der Waals surface area contributed by atoms with Crippen LogP contribution in [0.3, 0.4) is 0 Å². The fraction of sp³-hybridized carbons (Fsp3) is 0.538. The molecule has 0 aromatic carbocycles. The molecule has 0 bridgehead atoms. The second kappa shape index (κ2) is 3.53. The van der Waals surface area contributed by atoms with Crippen LogP contribution < -0.4 is 5.73 Å². The standard InChI is InChI=1S/C13H20N4/c1-8-6-9-10(15-7-8)17-11(16-9)12(2,3)13(4,5)14/h6-7H,14H2,1-5H3,(H,15,16,17). The molecule has 0 fully saturated rings. The van der Waals surface area contributed by atoms with Crippen molar-refractivity contribution in [1.82, 2.24) is 15.0 Å². The van der Waals surface area contributed by atoms with Crippen molar-refractivity contribution >= 4 is 11.2 Å². The van der Waals surface area contributed by atoms with E-state index in [9.17, 15) is 0 Å². The lowest BCUT2D eigenvalue weighted by molar-refractivity contribution is 0.293. The second-order valence-electron chi connectivity index (χ2n) is 5.82. The maximum absolute atomic E-state index is 6.22. The SMILES string of the molecule is Cc1cnc2nc(C(C)(C)C(C)(C)N)[nH]c2c1. The van der Waals surface area contributed by atoms with Gasteiger partial charge in [0, 0.05) is 17.2 Å². The van der Waals surface area contributed by atoms with E-state index in [0.29, 0.717) is 0 Å². The highest BCUT2D eigenvalue weighted by atomic mass is 15.0. The monoisotopic (exact) mass is 232 g/mol. The Bertz CT molecular complexity index is 546. The summed E-state index contributed by atoms with van der Waals surface area (Å²) < 4.78 is 0. The van der Waals surface area contributed by atoms with Crippen molar-refractivity contribution in [2.24, 2.45) is 5.73 Å². The van der Waals surface area contributed by atoms with Crippen LogP contribution in [0, 0.1) is 6.92 Å². The number of nitrogens with zero attached hydrogens (tertiary/aromatic N) is 2. The van der Waals surface area contributed by atoms with E-state index in [4.69, 9.17) is 5.73 Å². The molecule has 0 saturated heterocycles. The summed E-state index contributed by atoms with van der Waals surface area (Å²) in [5.41, 5.74) is 8.48. The molecule has 2 heterocycles. The molecule has 2 aromatic rings. The minimum Gasteiger partial charge on any atom is -0.340 e. The Morgan fingerprint density at radius 3 is 2.47 bits per heavy atom. The molecule has 0 unspecified atom stereocenters. The highest BCUT2D eigenvalue weighted by molar-refractivity contribution is 5.71. The summed E-state index contributed by atoms with van der Waals surface area (Å²) in [6.07, 6.45) is 1.83. The Kier molecular flexibility index (Phi) is 2.51. The summed E-state index contributed by atoms with van der Waals surface area (Å²) in [5.74, 6) is 0.887. The first-order chi connectivity index (χ1) is 7.72. The number of H-pyrrole nitrogens is 1. The number of aromatic amines is 1. The first-order valence-corrected chi connectivity index (χ1v) is 5.83. The maximum atomic E-state index is 6.22. The number of pyridine rings is 1. The molecule has 0 aliphatic carbocycles. The quantitative estimate of drug-likeness (QED) is 0.834. The first kappa shape index (κ1) is 12.0. The highest BCUT2D eigenvalue weighted by Crippen LogP contribution is 2.31. The van der Waals surface area contributed by atoms with Gasteiger partial charge >= 0.3 is 0 Å². The van der Waals surface area contributed by atoms with Gasteiger partial charge in [-0.05, 0) is 32.4 Å². The fourth-order valence-corrected chi connectivity index (χ4v) is 1.61. The molecular weight excluding hydrogens is 212 g/mol. The third-order valence-corrected chi connectivity index (χ3v) is 3.68. The van der Waals surface area contributed by atoms with Gasteiger partial charge in [0.15, 0.2) is 5.65 Å². The predicted molar refractivity (Wildman–Crippen MR) is 69.9 cm³/mol. The minimum absolute atomic E-state index is 0.235. The van der Waals surface area contributed by atoms with Gasteiger partial charge in [-0.3, -0.25) is 0 Å². The number of nitrogens with one attached hydrogen (secondary N) is 1. The Morgan fingerprint density at radius 1 is 1.24 bits per heavy atom. The van der Waals surface area contributed by atoms with Crippen LogP contribution >= 0.6 is 0 Å². The first-order valence-electron chi connectivity index (χ1n) is 5.83. The fourth-order valence-electron chi connectivity index (χ4n) is 1.61. The maximum Gasteiger partial charge on any atom is 0.177 e. The lowest BCUT2D eigenvalue weighted by Gasteiger charge is -2.36. The van der Waals surface area contributed by atoms with Crippen molar-refractivity contribution in [1.29, 1.82) is 0 Å². The number of imidazole rings is 1. The van der Waals surface area contributed by atoms with E-state index in [1.54, 1.807) is 0 Å². The topological polar surface area (TPSA) is 67.6 Å². The van der Waals surface area contributed by atoms with Gasteiger partial charge < -0.3 is 10.7 Å². The molecule has 2 aromatic heterocycles. The van der Waals surface area contributed by atoms with Crippen LogP contribution in [-0.4, -0.2) is 20.5 Å². The number of nitrogens with two attached hydrogens (primary N) is 1.